The van der Waals surface area contributed by atoms with Crippen molar-refractivity contribution in [3.63, 3.8) is 0 Å². The zero-order valence-electron chi connectivity index (χ0n) is 16.2. The first kappa shape index (κ1) is 20.7. The Morgan fingerprint density at radius 2 is 1.97 bits per heavy atom. The maximum atomic E-state index is 12.4. The van der Waals surface area contributed by atoms with Gasteiger partial charge in [0.2, 0.25) is 10.0 Å². The lowest BCUT2D eigenvalue weighted by Crippen LogP contribution is -2.30. The van der Waals surface area contributed by atoms with Crippen LogP contribution < -0.4 is 10.3 Å². The number of rotatable bonds is 6. The lowest BCUT2D eigenvalue weighted by atomic mass is 10.2. The van der Waals surface area contributed by atoms with E-state index < -0.39 is 16.0 Å². The van der Waals surface area contributed by atoms with Crippen LogP contribution in [0.25, 0.3) is 5.65 Å². The van der Waals surface area contributed by atoms with Gasteiger partial charge in [0.05, 0.1) is 16.2 Å². The van der Waals surface area contributed by atoms with E-state index in [2.05, 4.69) is 9.71 Å². The molecule has 1 aromatic carbocycles. The zero-order valence-corrected chi connectivity index (χ0v) is 17.1. The summed E-state index contributed by atoms with van der Waals surface area (Å²) in [6.45, 7) is 5.03. The molecule has 0 bridgehead atoms. The Morgan fingerprint density at radius 1 is 1.21 bits per heavy atom. The topological polar surface area (TPSA) is 107 Å². The van der Waals surface area contributed by atoms with Crippen molar-refractivity contribution < 1.29 is 17.9 Å². The van der Waals surface area contributed by atoms with Crippen LogP contribution in [0.1, 0.15) is 35.5 Å². The average Bonchev–Trinajstić information content (AvgIpc) is 2.66. The molecular formula is C20H21N3O5S. The summed E-state index contributed by atoms with van der Waals surface area (Å²) in [7, 11) is -3.73. The van der Waals surface area contributed by atoms with Crippen molar-refractivity contribution in [2.24, 2.45) is 0 Å². The van der Waals surface area contributed by atoms with Crippen LogP contribution in [0.2, 0.25) is 0 Å². The minimum atomic E-state index is -3.73. The summed E-state index contributed by atoms with van der Waals surface area (Å²) in [5, 5.41) is 0. The predicted molar refractivity (Wildman–Crippen MR) is 107 cm³/mol. The molecule has 2 heterocycles. The molecule has 0 aliphatic carbocycles. The monoisotopic (exact) mass is 415 g/mol. The molecule has 8 nitrogen and oxygen atoms in total. The molecule has 0 saturated heterocycles. The third-order valence-corrected chi connectivity index (χ3v) is 5.72. The number of carbonyl (C=O) groups excluding carboxylic acids is 1. The normalized spacial score (nSPS) is 11.7. The minimum Gasteiger partial charge on any atom is -0.456 e. The number of pyridine rings is 1. The number of aromatic nitrogens is 2. The SMILES string of the molecule is Cc1cccn2c(=O)cc(COC(=O)c3cccc(S(=O)(=O)NC(C)C)c3)nc12. The summed E-state index contributed by atoms with van der Waals surface area (Å²) in [6.07, 6.45) is 1.62. The molecule has 0 unspecified atom stereocenters. The molecule has 3 rings (SSSR count). The number of sulfonamides is 1. The summed E-state index contributed by atoms with van der Waals surface area (Å²) in [6, 6.07) is 10.2. The van der Waals surface area contributed by atoms with Gasteiger partial charge >= 0.3 is 5.97 Å². The Bertz CT molecular complexity index is 1230. The van der Waals surface area contributed by atoms with Crippen molar-refractivity contribution in [2.45, 2.75) is 38.3 Å². The number of ether oxygens (including phenoxy) is 1. The molecule has 0 aliphatic rings. The van der Waals surface area contributed by atoms with Gasteiger partial charge in [-0.25, -0.2) is 22.9 Å². The highest BCUT2D eigenvalue weighted by Crippen LogP contribution is 2.14. The molecule has 29 heavy (non-hydrogen) atoms. The van der Waals surface area contributed by atoms with E-state index >= 15 is 0 Å². The van der Waals surface area contributed by atoms with Crippen molar-refractivity contribution >= 4 is 21.6 Å². The van der Waals surface area contributed by atoms with Gasteiger partial charge in [-0.15, -0.1) is 0 Å². The second-order valence-electron chi connectivity index (χ2n) is 6.85. The maximum absolute atomic E-state index is 12.4. The van der Waals surface area contributed by atoms with Gasteiger partial charge in [0, 0.05) is 18.3 Å². The van der Waals surface area contributed by atoms with Crippen molar-refractivity contribution in [1.29, 1.82) is 0 Å². The Kier molecular flexibility index (Phi) is 5.81. The van der Waals surface area contributed by atoms with Crippen LogP contribution in [0.15, 0.2) is 58.4 Å². The number of hydrogen-bond acceptors (Lipinski definition) is 6. The van der Waals surface area contributed by atoms with Crippen LogP contribution in [0.4, 0.5) is 0 Å². The molecule has 0 radical (unpaired) electrons. The third kappa shape index (κ3) is 4.69. The molecule has 0 spiro atoms. The standard InChI is InChI=1S/C20H21N3O5S/c1-13(2)22-29(26,27)17-8-4-7-15(10-17)20(25)28-12-16-11-18(24)23-9-5-6-14(3)19(23)21-16/h4-11,13,22H,12H2,1-3H3. The Morgan fingerprint density at radius 3 is 2.69 bits per heavy atom. The fourth-order valence-electron chi connectivity index (χ4n) is 2.77. The summed E-state index contributed by atoms with van der Waals surface area (Å²) in [4.78, 5) is 28.9. The molecule has 0 saturated carbocycles. The molecule has 0 fully saturated rings. The summed E-state index contributed by atoms with van der Waals surface area (Å²) in [5.74, 6) is -0.710. The van der Waals surface area contributed by atoms with Gasteiger partial charge in [-0.05, 0) is 50.6 Å². The lowest BCUT2D eigenvalue weighted by Gasteiger charge is -2.11. The van der Waals surface area contributed by atoms with Crippen molar-refractivity contribution in [3.8, 4) is 0 Å². The third-order valence-electron chi connectivity index (χ3n) is 4.06. The first-order chi connectivity index (χ1) is 13.7. The van der Waals surface area contributed by atoms with Crippen molar-refractivity contribution in [3.05, 3.63) is 75.8 Å². The van der Waals surface area contributed by atoms with Crippen molar-refractivity contribution in [1.82, 2.24) is 14.1 Å². The van der Waals surface area contributed by atoms with Gasteiger partial charge in [0.15, 0.2) is 0 Å². The molecule has 3 aromatic rings. The summed E-state index contributed by atoms with van der Waals surface area (Å²) >= 11 is 0. The van der Waals surface area contributed by atoms with E-state index in [4.69, 9.17) is 4.74 Å². The van der Waals surface area contributed by atoms with Crippen LogP contribution in [0.5, 0.6) is 0 Å². The Balaban J connectivity index is 1.80. The number of carbonyl (C=O) groups is 1. The number of esters is 1. The van der Waals surface area contributed by atoms with E-state index in [1.807, 2.05) is 13.0 Å². The predicted octanol–water partition coefficient (Wildman–Crippen LogP) is 2.05. The van der Waals surface area contributed by atoms with Gasteiger partial charge in [0.25, 0.3) is 5.56 Å². The fourth-order valence-corrected chi connectivity index (χ4v) is 4.07. The molecular weight excluding hydrogens is 394 g/mol. The molecule has 0 aliphatic heterocycles. The zero-order chi connectivity index (χ0) is 21.2. The maximum Gasteiger partial charge on any atom is 0.338 e. The highest BCUT2D eigenvalue weighted by molar-refractivity contribution is 7.89. The van der Waals surface area contributed by atoms with E-state index in [9.17, 15) is 18.0 Å². The highest BCUT2D eigenvalue weighted by atomic mass is 32.2. The highest BCUT2D eigenvalue weighted by Gasteiger charge is 2.18. The average molecular weight is 415 g/mol. The van der Waals surface area contributed by atoms with Gasteiger partial charge in [-0.3, -0.25) is 9.20 Å². The molecule has 0 amide bonds. The Labute approximate surface area is 168 Å². The summed E-state index contributed by atoms with van der Waals surface area (Å²) in [5.41, 5.74) is 1.41. The largest absolute Gasteiger partial charge is 0.456 e. The molecule has 152 valence electrons. The van der Waals surface area contributed by atoms with E-state index in [0.717, 1.165) is 5.56 Å². The first-order valence-corrected chi connectivity index (χ1v) is 10.4. The van der Waals surface area contributed by atoms with Gasteiger partial charge in [-0.2, -0.15) is 0 Å². The fraction of sp³-hybridized carbons (Fsp3) is 0.250. The molecule has 0 atom stereocenters. The number of fused-ring (bicyclic) bond motifs is 1. The molecule has 2 aromatic heterocycles. The molecule has 1 N–H and O–H groups in total. The number of benzene rings is 1. The van der Waals surface area contributed by atoms with Crippen LogP contribution in [0.3, 0.4) is 0 Å². The first-order valence-electron chi connectivity index (χ1n) is 8.95. The second kappa shape index (κ2) is 8.14. The molecule has 9 heteroatoms. The van der Waals surface area contributed by atoms with Gasteiger partial charge < -0.3 is 4.74 Å². The Hall–Kier alpha value is -3.04. The van der Waals surface area contributed by atoms with Crippen LogP contribution in [-0.4, -0.2) is 29.8 Å². The van der Waals surface area contributed by atoms with E-state index in [-0.39, 0.29) is 28.7 Å². The van der Waals surface area contributed by atoms with Crippen LogP contribution >= 0.6 is 0 Å². The van der Waals surface area contributed by atoms with E-state index in [1.165, 1.54) is 34.7 Å². The van der Waals surface area contributed by atoms with Gasteiger partial charge in [-0.1, -0.05) is 12.1 Å². The minimum absolute atomic E-state index is 0.0293. The number of nitrogens with one attached hydrogen (secondary N) is 1. The second-order valence-corrected chi connectivity index (χ2v) is 8.56. The number of nitrogens with zero attached hydrogens (tertiary/aromatic N) is 2. The van der Waals surface area contributed by atoms with Crippen molar-refractivity contribution in [2.75, 3.05) is 0 Å². The summed E-state index contributed by atoms with van der Waals surface area (Å²) < 4.78 is 33.7. The van der Waals surface area contributed by atoms with E-state index in [1.54, 1.807) is 26.1 Å². The van der Waals surface area contributed by atoms with Crippen LogP contribution in [-0.2, 0) is 21.4 Å². The number of aryl methyl sites for hydroxylation is 1. The number of hydrogen-bond donors (Lipinski definition) is 1. The lowest BCUT2D eigenvalue weighted by molar-refractivity contribution is 0.0467. The quantitative estimate of drug-likeness (QED) is 0.618. The van der Waals surface area contributed by atoms with E-state index in [0.29, 0.717) is 11.3 Å². The van der Waals surface area contributed by atoms with Gasteiger partial charge in [0.1, 0.15) is 12.3 Å². The smallest absolute Gasteiger partial charge is 0.338 e. The van der Waals surface area contributed by atoms with Crippen LogP contribution in [0, 0.1) is 6.92 Å².